The van der Waals surface area contributed by atoms with Gasteiger partial charge in [0, 0.05) is 6.42 Å². The van der Waals surface area contributed by atoms with E-state index in [0.717, 1.165) is 5.56 Å². The molecule has 0 aliphatic carbocycles. The van der Waals surface area contributed by atoms with Crippen LogP contribution in [0.4, 0.5) is 13.2 Å². The molecular formula is C12H15F3N2O. The predicted molar refractivity (Wildman–Crippen MR) is 63.0 cm³/mol. The van der Waals surface area contributed by atoms with Crippen LogP contribution in [0.3, 0.4) is 0 Å². The van der Waals surface area contributed by atoms with Crippen molar-refractivity contribution < 1.29 is 17.9 Å². The van der Waals surface area contributed by atoms with Gasteiger partial charge in [0.2, 0.25) is 0 Å². The van der Waals surface area contributed by atoms with Gasteiger partial charge in [-0.05, 0) is 25.5 Å². The molecule has 18 heavy (non-hydrogen) atoms. The molecule has 0 fully saturated rings. The molecule has 0 radical (unpaired) electrons. The molecule has 0 bridgehead atoms. The number of benzene rings is 1. The first kappa shape index (κ1) is 14.3. The fraction of sp³-hybridized carbons (Fsp3) is 0.417. The fourth-order valence-corrected chi connectivity index (χ4v) is 1.43. The lowest BCUT2D eigenvalue weighted by atomic mass is 10.1. The number of amidine groups is 1. The molecule has 0 saturated carbocycles. The minimum Gasteiger partial charge on any atom is -0.493 e. The molecule has 0 saturated heterocycles. The van der Waals surface area contributed by atoms with Crippen LogP contribution in [0.2, 0.25) is 0 Å². The van der Waals surface area contributed by atoms with E-state index in [2.05, 4.69) is 0 Å². The zero-order chi connectivity index (χ0) is 13.8. The maximum absolute atomic E-state index is 11.9. The van der Waals surface area contributed by atoms with E-state index >= 15 is 0 Å². The number of aryl methyl sites for hydroxylation is 1. The third-order valence-corrected chi connectivity index (χ3v) is 2.29. The second kappa shape index (κ2) is 5.75. The number of hydrogen-bond donors (Lipinski definition) is 2. The topological polar surface area (TPSA) is 59.1 Å². The van der Waals surface area contributed by atoms with Crippen molar-refractivity contribution in [1.29, 1.82) is 5.41 Å². The molecular weight excluding hydrogens is 245 g/mol. The van der Waals surface area contributed by atoms with Crippen LogP contribution in [-0.4, -0.2) is 18.6 Å². The van der Waals surface area contributed by atoms with Crippen LogP contribution < -0.4 is 10.5 Å². The number of hydrogen-bond acceptors (Lipinski definition) is 2. The van der Waals surface area contributed by atoms with E-state index in [4.69, 9.17) is 15.9 Å². The summed E-state index contributed by atoms with van der Waals surface area (Å²) >= 11 is 0. The third-order valence-electron chi connectivity index (χ3n) is 2.29. The molecule has 0 aliphatic heterocycles. The summed E-state index contributed by atoms with van der Waals surface area (Å²) < 4.78 is 41.0. The van der Waals surface area contributed by atoms with Crippen LogP contribution in [0.25, 0.3) is 0 Å². The molecule has 100 valence electrons. The quantitative estimate of drug-likeness (QED) is 0.485. The zero-order valence-electron chi connectivity index (χ0n) is 9.97. The summed E-state index contributed by atoms with van der Waals surface area (Å²) in [6.45, 7) is 1.78. The maximum Gasteiger partial charge on any atom is 0.389 e. The van der Waals surface area contributed by atoms with Gasteiger partial charge in [-0.15, -0.1) is 0 Å². The lowest BCUT2D eigenvalue weighted by Gasteiger charge is -2.12. The number of nitrogens with two attached hydrogens (primary N) is 1. The SMILES string of the molecule is Cc1ccc(OCCCC(F)(F)F)c(C(=N)N)c1. The molecule has 0 unspecified atom stereocenters. The summed E-state index contributed by atoms with van der Waals surface area (Å²) in [6.07, 6.45) is -5.16. The van der Waals surface area contributed by atoms with Gasteiger partial charge in [0.15, 0.2) is 0 Å². The van der Waals surface area contributed by atoms with Crippen molar-refractivity contribution in [2.45, 2.75) is 25.9 Å². The second-order valence-corrected chi connectivity index (χ2v) is 3.98. The minimum absolute atomic E-state index is 0.0527. The first-order valence-corrected chi connectivity index (χ1v) is 5.44. The fourth-order valence-electron chi connectivity index (χ4n) is 1.43. The first-order valence-electron chi connectivity index (χ1n) is 5.44. The monoisotopic (exact) mass is 260 g/mol. The number of alkyl halides is 3. The highest BCUT2D eigenvalue weighted by Crippen LogP contribution is 2.23. The highest BCUT2D eigenvalue weighted by Gasteiger charge is 2.26. The Kier molecular flexibility index (Phi) is 4.58. The first-order chi connectivity index (χ1) is 8.29. The Morgan fingerprint density at radius 2 is 2.06 bits per heavy atom. The third kappa shape index (κ3) is 4.65. The number of rotatable bonds is 5. The predicted octanol–water partition coefficient (Wildman–Crippen LogP) is 3.00. The molecule has 1 aromatic rings. The molecule has 6 heteroatoms. The van der Waals surface area contributed by atoms with Gasteiger partial charge in [0.1, 0.15) is 11.6 Å². The normalized spacial score (nSPS) is 11.3. The minimum atomic E-state index is -4.17. The van der Waals surface area contributed by atoms with Crippen molar-refractivity contribution in [3.8, 4) is 5.75 Å². The van der Waals surface area contributed by atoms with E-state index in [9.17, 15) is 13.2 Å². The molecule has 1 aromatic carbocycles. The van der Waals surface area contributed by atoms with Crippen molar-refractivity contribution in [2.24, 2.45) is 5.73 Å². The van der Waals surface area contributed by atoms with Gasteiger partial charge in [-0.25, -0.2) is 0 Å². The van der Waals surface area contributed by atoms with Gasteiger partial charge >= 0.3 is 6.18 Å². The van der Waals surface area contributed by atoms with Crippen LogP contribution in [0, 0.1) is 12.3 Å². The Labute approximate surface area is 103 Å². The Morgan fingerprint density at radius 3 is 2.61 bits per heavy atom. The Balaban J connectivity index is 2.59. The van der Waals surface area contributed by atoms with Crippen molar-refractivity contribution in [2.75, 3.05) is 6.61 Å². The summed E-state index contributed by atoms with van der Waals surface area (Å²) in [6, 6.07) is 5.03. The molecule has 0 amide bonds. The van der Waals surface area contributed by atoms with E-state index < -0.39 is 12.6 Å². The molecule has 3 N–H and O–H groups in total. The van der Waals surface area contributed by atoms with Crippen molar-refractivity contribution in [1.82, 2.24) is 0 Å². The standard InChI is InChI=1S/C12H15F3N2O/c1-8-3-4-10(9(7-8)11(16)17)18-6-2-5-12(13,14)15/h3-4,7H,2,5-6H2,1H3,(H3,16,17). The van der Waals surface area contributed by atoms with Gasteiger partial charge in [0.05, 0.1) is 12.2 Å². The number of halogens is 3. The average Bonchev–Trinajstić information content (AvgIpc) is 2.24. The Hall–Kier alpha value is -1.72. The van der Waals surface area contributed by atoms with Crippen LogP contribution in [0.15, 0.2) is 18.2 Å². The van der Waals surface area contributed by atoms with E-state index in [0.29, 0.717) is 11.3 Å². The smallest absolute Gasteiger partial charge is 0.389 e. The lowest BCUT2D eigenvalue weighted by molar-refractivity contribution is -0.136. The van der Waals surface area contributed by atoms with Crippen LogP contribution >= 0.6 is 0 Å². The molecule has 3 nitrogen and oxygen atoms in total. The Bertz CT molecular complexity index is 430. The van der Waals surface area contributed by atoms with Crippen LogP contribution in [-0.2, 0) is 0 Å². The summed E-state index contributed by atoms with van der Waals surface area (Å²) in [5, 5.41) is 7.37. The number of nitrogens with one attached hydrogen (secondary N) is 1. The van der Waals surface area contributed by atoms with Crippen molar-refractivity contribution in [3.05, 3.63) is 29.3 Å². The van der Waals surface area contributed by atoms with Gasteiger partial charge in [-0.1, -0.05) is 11.6 Å². The van der Waals surface area contributed by atoms with E-state index in [-0.39, 0.29) is 18.9 Å². The highest BCUT2D eigenvalue weighted by molar-refractivity contribution is 5.97. The largest absolute Gasteiger partial charge is 0.493 e. The molecule has 0 spiro atoms. The maximum atomic E-state index is 11.9. The highest BCUT2D eigenvalue weighted by atomic mass is 19.4. The molecule has 0 aliphatic rings. The number of ether oxygens (including phenoxy) is 1. The van der Waals surface area contributed by atoms with Gasteiger partial charge in [0.25, 0.3) is 0 Å². The summed E-state index contributed by atoms with van der Waals surface area (Å²) in [5.74, 6) is 0.180. The van der Waals surface area contributed by atoms with Gasteiger partial charge < -0.3 is 10.5 Å². The lowest BCUT2D eigenvalue weighted by Crippen LogP contribution is -2.14. The van der Waals surface area contributed by atoms with Crippen molar-refractivity contribution >= 4 is 5.84 Å². The average molecular weight is 260 g/mol. The zero-order valence-corrected chi connectivity index (χ0v) is 9.97. The van der Waals surface area contributed by atoms with Crippen molar-refractivity contribution in [3.63, 3.8) is 0 Å². The van der Waals surface area contributed by atoms with Gasteiger partial charge in [-0.2, -0.15) is 13.2 Å². The van der Waals surface area contributed by atoms with Gasteiger partial charge in [-0.3, -0.25) is 5.41 Å². The van der Waals surface area contributed by atoms with E-state index in [1.165, 1.54) is 0 Å². The summed E-state index contributed by atoms with van der Waals surface area (Å²) in [7, 11) is 0. The summed E-state index contributed by atoms with van der Waals surface area (Å²) in [4.78, 5) is 0. The van der Waals surface area contributed by atoms with Crippen LogP contribution in [0.1, 0.15) is 24.0 Å². The summed E-state index contributed by atoms with van der Waals surface area (Å²) in [5.41, 5.74) is 6.69. The van der Waals surface area contributed by atoms with E-state index in [1.54, 1.807) is 18.2 Å². The van der Waals surface area contributed by atoms with E-state index in [1.807, 2.05) is 6.92 Å². The second-order valence-electron chi connectivity index (χ2n) is 3.98. The van der Waals surface area contributed by atoms with Crippen LogP contribution in [0.5, 0.6) is 5.75 Å². The molecule has 0 heterocycles. The Morgan fingerprint density at radius 1 is 1.39 bits per heavy atom. The molecule has 0 aromatic heterocycles. The number of nitrogen functional groups attached to an aromatic ring is 1. The molecule has 1 rings (SSSR count). The molecule has 0 atom stereocenters.